The van der Waals surface area contributed by atoms with Crippen molar-refractivity contribution in [2.75, 3.05) is 0 Å². The average molecular weight is 332 g/mol. The monoisotopic (exact) mass is 332 g/mol. The Morgan fingerprint density at radius 3 is 2.17 bits per heavy atom. The quantitative estimate of drug-likeness (QED) is 0.448. The molecule has 120 valence electrons. The Kier molecular flexibility index (Phi) is 5.50. The Hall–Kier alpha value is -2.32. The van der Waals surface area contributed by atoms with Gasteiger partial charge in [0, 0.05) is 10.8 Å². The molecule has 0 saturated heterocycles. The van der Waals surface area contributed by atoms with Gasteiger partial charge in [-0.1, -0.05) is 78.9 Å². The van der Waals surface area contributed by atoms with E-state index in [1.54, 1.807) is 0 Å². The molecule has 0 aliphatic rings. The van der Waals surface area contributed by atoms with Crippen molar-refractivity contribution >= 4 is 18.9 Å². The van der Waals surface area contributed by atoms with Gasteiger partial charge in [-0.2, -0.15) is 12.6 Å². The Labute approximate surface area is 148 Å². The van der Waals surface area contributed by atoms with Crippen molar-refractivity contribution in [3.8, 4) is 11.1 Å². The molecule has 0 radical (unpaired) electrons. The molecule has 0 aliphatic carbocycles. The van der Waals surface area contributed by atoms with Crippen LogP contribution in [0.15, 0.2) is 78.9 Å². The lowest BCUT2D eigenvalue weighted by Crippen LogP contribution is -1.97. The fraction of sp³-hybridized carbons (Fsp3) is 0.136. The topological polar surface area (TPSA) is 17.1 Å². The number of carbonyl (C=O) groups is 1. The smallest absolute Gasteiger partial charge is 0.150 e. The van der Waals surface area contributed by atoms with Gasteiger partial charge in [0.25, 0.3) is 0 Å². The molecule has 1 unspecified atom stereocenters. The summed E-state index contributed by atoms with van der Waals surface area (Å²) in [5.41, 5.74) is 5.36. The van der Waals surface area contributed by atoms with Crippen LogP contribution in [0.1, 0.15) is 33.2 Å². The molecule has 0 spiro atoms. The van der Waals surface area contributed by atoms with Gasteiger partial charge in [-0.15, -0.1) is 0 Å². The Balaban J connectivity index is 1.84. The van der Waals surface area contributed by atoms with Crippen LogP contribution < -0.4 is 0 Å². The second kappa shape index (κ2) is 7.98. The normalized spacial score (nSPS) is 11.9. The van der Waals surface area contributed by atoms with Crippen LogP contribution >= 0.6 is 12.6 Å². The van der Waals surface area contributed by atoms with Gasteiger partial charge >= 0.3 is 0 Å². The minimum atomic E-state index is 0.209. The highest BCUT2D eigenvalue weighted by Gasteiger charge is 2.11. The van der Waals surface area contributed by atoms with Gasteiger partial charge in [0.2, 0.25) is 0 Å². The lowest BCUT2D eigenvalue weighted by atomic mass is 9.93. The van der Waals surface area contributed by atoms with Gasteiger partial charge in [0.05, 0.1) is 0 Å². The zero-order valence-electron chi connectivity index (χ0n) is 13.4. The fourth-order valence-electron chi connectivity index (χ4n) is 2.98. The third-order valence-electron chi connectivity index (χ3n) is 4.27. The van der Waals surface area contributed by atoms with Crippen molar-refractivity contribution in [1.29, 1.82) is 0 Å². The Morgan fingerprint density at radius 1 is 0.792 bits per heavy atom. The van der Waals surface area contributed by atoms with Gasteiger partial charge in [-0.3, -0.25) is 4.79 Å². The predicted molar refractivity (Wildman–Crippen MR) is 104 cm³/mol. The van der Waals surface area contributed by atoms with Crippen molar-refractivity contribution in [1.82, 2.24) is 0 Å². The molecule has 3 aromatic rings. The van der Waals surface area contributed by atoms with E-state index in [9.17, 15) is 4.79 Å². The maximum atomic E-state index is 11.4. The minimum Gasteiger partial charge on any atom is -0.298 e. The lowest BCUT2D eigenvalue weighted by molar-refractivity contribution is 0.112. The van der Waals surface area contributed by atoms with E-state index >= 15 is 0 Å². The number of thiol groups is 1. The summed E-state index contributed by atoms with van der Waals surface area (Å²) in [6.07, 6.45) is 2.80. The van der Waals surface area contributed by atoms with Gasteiger partial charge < -0.3 is 0 Å². The van der Waals surface area contributed by atoms with Gasteiger partial charge in [0.1, 0.15) is 0 Å². The number of aldehydes is 1. The van der Waals surface area contributed by atoms with Crippen molar-refractivity contribution in [3.05, 3.63) is 95.6 Å². The summed E-state index contributed by atoms with van der Waals surface area (Å²) < 4.78 is 0. The number of benzene rings is 3. The molecule has 2 heteroatoms. The SMILES string of the molecule is O=Cc1ccccc1-c1ccccc1CCC(S)c1ccccc1. The lowest BCUT2D eigenvalue weighted by Gasteiger charge is -2.14. The first-order valence-electron chi connectivity index (χ1n) is 8.15. The summed E-state index contributed by atoms with van der Waals surface area (Å²) in [5.74, 6) is 0. The number of hydrogen-bond donors (Lipinski definition) is 1. The van der Waals surface area contributed by atoms with Crippen LogP contribution in [0, 0.1) is 0 Å². The van der Waals surface area contributed by atoms with Crippen molar-refractivity contribution < 1.29 is 4.79 Å². The fourth-order valence-corrected chi connectivity index (χ4v) is 3.28. The van der Waals surface area contributed by atoms with E-state index < -0.39 is 0 Å². The molecule has 3 rings (SSSR count). The van der Waals surface area contributed by atoms with Crippen molar-refractivity contribution in [3.63, 3.8) is 0 Å². The second-order valence-electron chi connectivity index (χ2n) is 5.83. The summed E-state index contributed by atoms with van der Waals surface area (Å²) >= 11 is 4.75. The largest absolute Gasteiger partial charge is 0.298 e. The van der Waals surface area contributed by atoms with Crippen LogP contribution in [0.5, 0.6) is 0 Å². The molecule has 1 nitrogen and oxygen atoms in total. The molecule has 0 aliphatic heterocycles. The molecule has 0 heterocycles. The van der Waals surface area contributed by atoms with Crippen molar-refractivity contribution in [2.24, 2.45) is 0 Å². The van der Waals surface area contributed by atoms with Crippen LogP contribution in [0.2, 0.25) is 0 Å². The van der Waals surface area contributed by atoms with Crippen LogP contribution in [0.4, 0.5) is 0 Å². The standard InChI is InChI=1S/C22H20OS/c23-16-19-11-5-7-13-21(19)20-12-6-4-8-17(20)14-15-22(24)18-9-2-1-3-10-18/h1-13,16,22,24H,14-15H2. The summed E-state index contributed by atoms with van der Waals surface area (Å²) in [7, 11) is 0. The van der Waals surface area contributed by atoms with Crippen LogP contribution in [0.25, 0.3) is 11.1 Å². The third kappa shape index (κ3) is 3.77. The first-order chi connectivity index (χ1) is 11.8. The highest BCUT2D eigenvalue weighted by molar-refractivity contribution is 7.80. The summed E-state index contributed by atoms with van der Waals surface area (Å²) in [4.78, 5) is 11.4. The zero-order valence-corrected chi connectivity index (χ0v) is 14.3. The molecule has 24 heavy (non-hydrogen) atoms. The minimum absolute atomic E-state index is 0.209. The number of carbonyl (C=O) groups excluding carboxylic acids is 1. The summed E-state index contributed by atoms with van der Waals surface area (Å²) in [6, 6.07) is 26.4. The molecule has 0 aromatic heterocycles. The second-order valence-corrected chi connectivity index (χ2v) is 6.45. The highest BCUT2D eigenvalue weighted by atomic mass is 32.1. The van der Waals surface area contributed by atoms with E-state index in [0.29, 0.717) is 0 Å². The summed E-state index contributed by atoms with van der Waals surface area (Å²) in [5, 5.41) is 0.209. The molecular weight excluding hydrogens is 312 g/mol. The Morgan fingerprint density at radius 2 is 1.42 bits per heavy atom. The predicted octanol–water partition coefficient (Wildman–Crippen LogP) is 5.77. The van der Waals surface area contributed by atoms with E-state index in [0.717, 1.165) is 35.8 Å². The molecule has 3 aromatic carbocycles. The van der Waals surface area contributed by atoms with Gasteiger partial charge in [-0.25, -0.2) is 0 Å². The van der Waals surface area contributed by atoms with Crippen LogP contribution in [-0.2, 0) is 6.42 Å². The summed E-state index contributed by atoms with van der Waals surface area (Å²) in [6.45, 7) is 0. The Bertz CT molecular complexity index is 811. The molecule has 0 amide bonds. The molecule has 0 saturated carbocycles. The first kappa shape index (κ1) is 16.5. The highest BCUT2D eigenvalue weighted by Crippen LogP contribution is 2.30. The van der Waals surface area contributed by atoms with E-state index in [1.807, 2.05) is 48.5 Å². The molecular formula is C22H20OS. The zero-order chi connectivity index (χ0) is 16.8. The van der Waals surface area contributed by atoms with Gasteiger partial charge in [0.15, 0.2) is 6.29 Å². The number of rotatable bonds is 6. The van der Waals surface area contributed by atoms with E-state index in [1.165, 1.54) is 11.1 Å². The van der Waals surface area contributed by atoms with Crippen molar-refractivity contribution in [2.45, 2.75) is 18.1 Å². The molecule has 0 fully saturated rings. The van der Waals surface area contributed by atoms with E-state index in [4.69, 9.17) is 12.6 Å². The van der Waals surface area contributed by atoms with Gasteiger partial charge in [-0.05, 0) is 35.1 Å². The van der Waals surface area contributed by atoms with Crippen LogP contribution in [-0.4, -0.2) is 6.29 Å². The number of hydrogen-bond acceptors (Lipinski definition) is 2. The maximum absolute atomic E-state index is 11.4. The van der Waals surface area contributed by atoms with E-state index in [-0.39, 0.29) is 5.25 Å². The van der Waals surface area contributed by atoms with E-state index in [2.05, 4.69) is 30.3 Å². The first-order valence-corrected chi connectivity index (χ1v) is 8.66. The number of aryl methyl sites for hydroxylation is 1. The average Bonchev–Trinajstić information content (AvgIpc) is 2.67. The van der Waals surface area contributed by atoms with Crippen LogP contribution in [0.3, 0.4) is 0 Å². The third-order valence-corrected chi connectivity index (χ3v) is 4.82. The molecule has 0 bridgehead atoms. The maximum Gasteiger partial charge on any atom is 0.150 e. The molecule has 0 N–H and O–H groups in total. The molecule has 1 atom stereocenters.